The Morgan fingerprint density at radius 3 is 2.45 bits per heavy atom. The van der Waals surface area contributed by atoms with E-state index in [1.165, 1.54) is 49.7 Å². The molecule has 0 amide bonds. The van der Waals surface area contributed by atoms with Crippen molar-refractivity contribution in [1.82, 2.24) is 9.38 Å². The molecule has 0 unspecified atom stereocenters. The highest BCUT2D eigenvalue weighted by Gasteiger charge is 2.27. The predicted octanol–water partition coefficient (Wildman–Crippen LogP) is 6.17. The summed E-state index contributed by atoms with van der Waals surface area (Å²) in [6.45, 7) is 11.3. The first-order valence-corrected chi connectivity index (χ1v) is 10.5. The van der Waals surface area contributed by atoms with Crippen LogP contribution in [0.25, 0.3) is 38.5 Å². The zero-order valence-electron chi connectivity index (χ0n) is 18.1. The first-order chi connectivity index (χ1) is 13.9. The maximum absolute atomic E-state index is 4.91. The third-order valence-corrected chi connectivity index (χ3v) is 6.33. The predicted molar refractivity (Wildman–Crippen MR) is 122 cm³/mol. The van der Waals surface area contributed by atoms with Crippen LogP contribution < -0.4 is 4.57 Å². The molecule has 0 saturated heterocycles. The van der Waals surface area contributed by atoms with E-state index in [0.717, 1.165) is 5.52 Å². The maximum Gasteiger partial charge on any atom is 0.297 e. The van der Waals surface area contributed by atoms with Gasteiger partial charge >= 0.3 is 0 Å². The number of para-hydroxylation sites is 2. The molecule has 3 aromatic heterocycles. The van der Waals surface area contributed by atoms with Crippen LogP contribution in [-0.2, 0) is 7.05 Å². The van der Waals surface area contributed by atoms with E-state index in [0.29, 0.717) is 11.8 Å². The summed E-state index contributed by atoms with van der Waals surface area (Å²) in [6.07, 6.45) is 1.95. The number of aromatic nitrogens is 3. The molecule has 0 atom stereocenters. The molecule has 0 saturated carbocycles. The average molecular weight is 383 g/mol. The van der Waals surface area contributed by atoms with Crippen molar-refractivity contribution < 1.29 is 4.57 Å². The van der Waals surface area contributed by atoms with Crippen LogP contribution in [0.2, 0.25) is 0 Å². The Morgan fingerprint density at radius 2 is 1.72 bits per heavy atom. The lowest BCUT2D eigenvalue weighted by molar-refractivity contribution is -0.617. The quantitative estimate of drug-likeness (QED) is 0.264. The van der Waals surface area contributed by atoms with Crippen molar-refractivity contribution in [2.75, 3.05) is 0 Å². The van der Waals surface area contributed by atoms with E-state index in [2.05, 4.69) is 93.1 Å². The van der Waals surface area contributed by atoms with E-state index in [1.807, 2.05) is 6.20 Å². The Balaban J connectivity index is 2.22. The zero-order chi connectivity index (χ0) is 20.4. The summed E-state index contributed by atoms with van der Waals surface area (Å²) in [6, 6.07) is 15.6. The molecule has 3 heteroatoms. The summed E-state index contributed by atoms with van der Waals surface area (Å²) < 4.78 is 4.80. The molecule has 0 spiro atoms. The van der Waals surface area contributed by atoms with Gasteiger partial charge in [0, 0.05) is 17.1 Å². The van der Waals surface area contributed by atoms with Crippen molar-refractivity contribution in [2.45, 2.75) is 46.5 Å². The molecule has 0 radical (unpaired) electrons. The summed E-state index contributed by atoms with van der Waals surface area (Å²) in [5.74, 6) is 0.901. The molecular weight excluding hydrogens is 354 g/mol. The van der Waals surface area contributed by atoms with E-state index >= 15 is 0 Å². The van der Waals surface area contributed by atoms with Gasteiger partial charge in [0.05, 0.1) is 18.0 Å². The number of rotatable bonds is 2. The molecule has 0 aliphatic rings. The summed E-state index contributed by atoms with van der Waals surface area (Å²) in [5, 5.41) is 2.50. The second-order valence-corrected chi connectivity index (χ2v) is 8.87. The first-order valence-electron chi connectivity index (χ1n) is 10.5. The van der Waals surface area contributed by atoms with Crippen LogP contribution in [-0.4, -0.2) is 9.38 Å². The minimum atomic E-state index is 0.424. The highest BCUT2D eigenvalue weighted by molar-refractivity contribution is 6.12. The smallest absolute Gasteiger partial charge is 0.255 e. The second-order valence-electron chi connectivity index (χ2n) is 8.87. The number of pyridine rings is 2. The Kier molecular flexibility index (Phi) is 3.92. The minimum Gasteiger partial charge on any atom is -0.255 e. The first kappa shape index (κ1) is 18.1. The van der Waals surface area contributed by atoms with Crippen LogP contribution in [0.1, 0.15) is 56.2 Å². The van der Waals surface area contributed by atoms with Crippen molar-refractivity contribution in [3.05, 3.63) is 65.4 Å². The molecule has 5 rings (SSSR count). The van der Waals surface area contributed by atoms with Crippen molar-refractivity contribution in [3.63, 3.8) is 0 Å². The zero-order valence-corrected chi connectivity index (χ0v) is 18.1. The van der Waals surface area contributed by atoms with Gasteiger partial charge in [0.2, 0.25) is 0 Å². The number of imidazole rings is 1. The Hall–Kier alpha value is -2.94. The second kappa shape index (κ2) is 6.28. The summed E-state index contributed by atoms with van der Waals surface area (Å²) in [7, 11) is 2.17. The monoisotopic (exact) mass is 382 g/mol. The molecule has 0 aliphatic carbocycles. The molecule has 146 valence electrons. The van der Waals surface area contributed by atoms with Crippen molar-refractivity contribution >= 4 is 38.5 Å². The summed E-state index contributed by atoms with van der Waals surface area (Å²) in [5.41, 5.74) is 10.2. The van der Waals surface area contributed by atoms with Gasteiger partial charge in [-0.1, -0.05) is 45.9 Å². The van der Waals surface area contributed by atoms with Gasteiger partial charge in [0.1, 0.15) is 5.52 Å². The van der Waals surface area contributed by atoms with E-state index in [9.17, 15) is 0 Å². The number of aryl methyl sites for hydroxylation is 2. The van der Waals surface area contributed by atoms with Gasteiger partial charge in [-0.15, -0.1) is 0 Å². The van der Waals surface area contributed by atoms with Gasteiger partial charge in [-0.05, 0) is 54.2 Å². The molecule has 5 aromatic rings. The number of fused-ring (bicyclic) bond motifs is 8. The fourth-order valence-corrected chi connectivity index (χ4v) is 4.75. The van der Waals surface area contributed by atoms with Crippen LogP contribution in [0.5, 0.6) is 0 Å². The standard InChI is InChI=1S/C26H28N3/c1-15(2)18-13-19(16(3)4)25-20(14-18)24-23(17(5)11-12-27-24)26-28(6)21-9-7-8-10-22(21)29(25)26/h7-16H,1-6H3/q+1. The lowest BCUT2D eigenvalue weighted by Crippen LogP contribution is -2.27. The number of hydrogen-bond donors (Lipinski definition) is 0. The molecule has 0 fully saturated rings. The van der Waals surface area contributed by atoms with Gasteiger partial charge in [0.15, 0.2) is 11.0 Å². The maximum atomic E-state index is 4.91. The number of benzene rings is 2. The topological polar surface area (TPSA) is 21.2 Å². The molecule has 2 aromatic carbocycles. The van der Waals surface area contributed by atoms with Gasteiger partial charge < -0.3 is 0 Å². The molecule has 0 aliphatic heterocycles. The number of nitrogens with zero attached hydrogens (tertiary/aromatic N) is 3. The van der Waals surface area contributed by atoms with Crippen LogP contribution in [0.4, 0.5) is 0 Å². The van der Waals surface area contributed by atoms with Crippen LogP contribution >= 0.6 is 0 Å². The van der Waals surface area contributed by atoms with Crippen LogP contribution in [0, 0.1) is 6.92 Å². The molecule has 29 heavy (non-hydrogen) atoms. The molecule has 0 N–H and O–H groups in total. The molecule has 3 nitrogen and oxygen atoms in total. The highest BCUT2D eigenvalue weighted by atomic mass is 15.1. The van der Waals surface area contributed by atoms with Gasteiger partial charge in [-0.3, -0.25) is 4.98 Å². The Morgan fingerprint density at radius 1 is 0.966 bits per heavy atom. The SMILES string of the molecule is Cc1ccnc2c3cc(C(C)C)cc(C(C)C)c3n3c4ccccc4[n+](C)c3c12. The van der Waals surface area contributed by atoms with Crippen LogP contribution in [0.3, 0.4) is 0 Å². The van der Waals surface area contributed by atoms with E-state index in [4.69, 9.17) is 4.98 Å². The normalized spacial score (nSPS) is 12.4. The lowest BCUT2D eigenvalue weighted by Gasteiger charge is -2.16. The lowest BCUT2D eigenvalue weighted by atomic mass is 9.91. The summed E-state index contributed by atoms with van der Waals surface area (Å²) in [4.78, 5) is 4.91. The summed E-state index contributed by atoms with van der Waals surface area (Å²) >= 11 is 0. The van der Waals surface area contributed by atoms with Crippen LogP contribution in [0.15, 0.2) is 48.7 Å². The third-order valence-electron chi connectivity index (χ3n) is 6.33. The fourth-order valence-electron chi connectivity index (χ4n) is 4.75. The Labute approximate surface area is 171 Å². The van der Waals surface area contributed by atoms with Crippen molar-refractivity contribution in [3.8, 4) is 0 Å². The van der Waals surface area contributed by atoms with Gasteiger partial charge in [-0.25, -0.2) is 4.57 Å². The molecular formula is C26H28N3+. The van der Waals surface area contributed by atoms with E-state index < -0.39 is 0 Å². The van der Waals surface area contributed by atoms with Crippen molar-refractivity contribution in [2.24, 2.45) is 7.05 Å². The molecule has 3 heterocycles. The van der Waals surface area contributed by atoms with Crippen molar-refractivity contribution in [1.29, 1.82) is 0 Å². The Bertz CT molecular complexity index is 1420. The van der Waals surface area contributed by atoms with E-state index in [-0.39, 0.29) is 0 Å². The average Bonchev–Trinajstić information content (AvgIpc) is 3.00. The number of hydrogen-bond acceptors (Lipinski definition) is 1. The molecule has 0 bridgehead atoms. The van der Waals surface area contributed by atoms with Gasteiger partial charge in [0.25, 0.3) is 5.65 Å². The van der Waals surface area contributed by atoms with E-state index in [1.54, 1.807) is 0 Å². The van der Waals surface area contributed by atoms with Gasteiger partial charge in [-0.2, -0.15) is 4.40 Å². The third kappa shape index (κ3) is 2.43. The largest absolute Gasteiger partial charge is 0.297 e. The highest BCUT2D eigenvalue weighted by Crippen LogP contribution is 2.37. The fraction of sp³-hybridized carbons (Fsp3) is 0.308. The minimum absolute atomic E-state index is 0.424.